The van der Waals surface area contributed by atoms with Crippen molar-refractivity contribution in [1.82, 2.24) is 15.0 Å². The van der Waals surface area contributed by atoms with E-state index >= 15 is 0 Å². The lowest BCUT2D eigenvalue weighted by atomic mass is 10.5. The molecule has 0 atom stereocenters. The Morgan fingerprint density at radius 2 is 1.95 bits per heavy atom. The van der Waals surface area contributed by atoms with E-state index in [-0.39, 0.29) is 0 Å². The Morgan fingerprint density at radius 1 is 1.20 bits per heavy atom. The molecular weight excluding hydrogens is 254 g/mol. The highest BCUT2D eigenvalue weighted by molar-refractivity contribution is 5.38. The lowest BCUT2D eigenvalue weighted by Gasteiger charge is -2.19. The average molecular weight is 279 g/mol. The largest absolute Gasteiger partial charge is 0.463 e. The van der Waals surface area contributed by atoms with Gasteiger partial charge in [0.2, 0.25) is 11.9 Å². The Labute approximate surface area is 121 Å². The first-order chi connectivity index (χ1) is 9.74. The number of nitrogens with zero attached hydrogens (tertiary/aromatic N) is 4. The van der Waals surface area contributed by atoms with Gasteiger partial charge in [0.25, 0.3) is 0 Å². The second-order valence-corrected chi connectivity index (χ2v) is 4.27. The Kier molecular flexibility index (Phi) is 7.39. The molecule has 0 fully saturated rings. The first kappa shape index (κ1) is 16.2. The molecule has 0 aliphatic carbocycles. The smallest absolute Gasteiger partial charge is 0.323 e. The molecule has 6 nitrogen and oxygen atoms in total. The number of nitrogens with one attached hydrogen (secondary N) is 1. The van der Waals surface area contributed by atoms with E-state index in [4.69, 9.17) is 4.74 Å². The molecular formula is C14H25N5O. The first-order valence-electron chi connectivity index (χ1n) is 7.23. The molecule has 6 heteroatoms. The number of ether oxygens (including phenoxy) is 1. The zero-order chi connectivity index (χ0) is 14.8. The van der Waals surface area contributed by atoms with Gasteiger partial charge in [0, 0.05) is 19.6 Å². The SMILES string of the molecule is C=CCCOc1nc(NCCC)nc(N(CC)CC)n1. The summed E-state index contributed by atoms with van der Waals surface area (Å²) in [6.45, 7) is 13.0. The molecule has 0 spiro atoms. The van der Waals surface area contributed by atoms with Crippen molar-refractivity contribution in [3.05, 3.63) is 12.7 Å². The van der Waals surface area contributed by atoms with Crippen molar-refractivity contribution >= 4 is 11.9 Å². The summed E-state index contributed by atoms with van der Waals surface area (Å²) in [6, 6.07) is 0.363. The van der Waals surface area contributed by atoms with Gasteiger partial charge >= 0.3 is 6.01 Å². The van der Waals surface area contributed by atoms with Crippen molar-refractivity contribution in [2.75, 3.05) is 36.5 Å². The zero-order valence-electron chi connectivity index (χ0n) is 12.7. The van der Waals surface area contributed by atoms with Gasteiger partial charge in [0.1, 0.15) is 0 Å². The van der Waals surface area contributed by atoms with Crippen LogP contribution < -0.4 is 15.0 Å². The molecule has 0 aromatic carbocycles. The molecule has 20 heavy (non-hydrogen) atoms. The predicted molar refractivity (Wildman–Crippen MR) is 82.5 cm³/mol. The van der Waals surface area contributed by atoms with Crippen LogP contribution in [0.2, 0.25) is 0 Å². The van der Waals surface area contributed by atoms with Crippen LogP contribution in [0.5, 0.6) is 6.01 Å². The Balaban J connectivity index is 2.90. The maximum Gasteiger partial charge on any atom is 0.323 e. The van der Waals surface area contributed by atoms with Crippen molar-refractivity contribution in [1.29, 1.82) is 0 Å². The minimum absolute atomic E-state index is 0.363. The molecule has 0 radical (unpaired) electrons. The number of hydrogen-bond acceptors (Lipinski definition) is 6. The number of rotatable bonds is 10. The molecule has 1 heterocycles. The third kappa shape index (κ3) is 5.03. The van der Waals surface area contributed by atoms with Crippen LogP contribution in [0, 0.1) is 0 Å². The normalized spacial score (nSPS) is 10.2. The number of anilines is 2. The molecule has 1 aromatic heterocycles. The fourth-order valence-corrected chi connectivity index (χ4v) is 1.61. The monoisotopic (exact) mass is 279 g/mol. The predicted octanol–water partition coefficient (Wildman–Crippen LogP) is 2.49. The van der Waals surface area contributed by atoms with Crippen molar-refractivity contribution in [2.45, 2.75) is 33.6 Å². The summed E-state index contributed by atoms with van der Waals surface area (Å²) < 4.78 is 5.55. The van der Waals surface area contributed by atoms with Crippen molar-refractivity contribution in [3.8, 4) is 6.01 Å². The fourth-order valence-electron chi connectivity index (χ4n) is 1.61. The Hall–Kier alpha value is -1.85. The van der Waals surface area contributed by atoms with Crippen LogP contribution in [0.15, 0.2) is 12.7 Å². The number of aromatic nitrogens is 3. The summed E-state index contributed by atoms with van der Waals surface area (Å²) in [5.74, 6) is 1.22. The molecule has 1 aromatic rings. The van der Waals surface area contributed by atoms with E-state index < -0.39 is 0 Å². The van der Waals surface area contributed by atoms with Crippen LogP contribution in [0.3, 0.4) is 0 Å². The maximum absolute atomic E-state index is 5.55. The molecule has 0 unspecified atom stereocenters. The van der Waals surface area contributed by atoms with E-state index in [0.29, 0.717) is 24.5 Å². The zero-order valence-corrected chi connectivity index (χ0v) is 12.7. The molecule has 1 rings (SSSR count). The van der Waals surface area contributed by atoms with Gasteiger partial charge in [-0.2, -0.15) is 15.0 Å². The van der Waals surface area contributed by atoms with Crippen molar-refractivity contribution < 1.29 is 4.74 Å². The van der Waals surface area contributed by atoms with Crippen molar-refractivity contribution in [3.63, 3.8) is 0 Å². The van der Waals surface area contributed by atoms with Gasteiger partial charge in [-0.3, -0.25) is 0 Å². The van der Waals surface area contributed by atoms with Crippen LogP contribution in [-0.2, 0) is 0 Å². The summed E-state index contributed by atoms with van der Waals surface area (Å²) in [6.07, 6.45) is 3.59. The van der Waals surface area contributed by atoms with Gasteiger partial charge in [-0.1, -0.05) is 13.0 Å². The minimum atomic E-state index is 0.363. The van der Waals surface area contributed by atoms with Gasteiger partial charge in [0.05, 0.1) is 6.61 Å². The summed E-state index contributed by atoms with van der Waals surface area (Å²) in [5, 5.41) is 3.18. The second-order valence-electron chi connectivity index (χ2n) is 4.27. The van der Waals surface area contributed by atoms with E-state index in [1.165, 1.54) is 0 Å². The first-order valence-corrected chi connectivity index (χ1v) is 7.23. The van der Waals surface area contributed by atoms with Crippen LogP contribution in [0.4, 0.5) is 11.9 Å². The second kappa shape index (κ2) is 9.12. The van der Waals surface area contributed by atoms with Gasteiger partial charge in [-0.15, -0.1) is 6.58 Å². The van der Waals surface area contributed by atoms with Gasteiger partial charge in [-0.05, 0) is 26.7 Å². The van der Waals surface area contributed by atoms with Crippen molar-refractivity contribution in [2.24, 2.45) is 0 Å². The average Bonchev–Trinajstić information content (AvgIpc) is 2.47. The third-order valence-corrected chi connectivity index (χ3v) is 2.74. The van der Waals surface area contributed by atoms with Gasteiger partial charge in [0.15, 0.2) is 0 Å². The maximum atomic E-state index is 5.55. The van der Waals surface area contributed by atoms with Crippen LogP contribution in [0.1, 0.15) is 33.6 Å². The topological polar surface area (TPSA) is 63.2 Å². The highest BCUT2D eigenvalue weighted by Crippen LogP contribution is 2.15. The highest BCUT2D eigenvalue weighted by atomic mass is 16.5. The Bertz CT molecular complexity index is 407. The quantitative estimate of drug-likeness (QED) is 0.524. The summed E-state index contributed by atoms with van der Waals surface area (Å²) in [4.78, 5) is 15.1. The summed E-state index contributed by atoms with van der Waals surface area (Å²) >= 11 is 0. The summed E-state index contributed by atoms with van der Waals surface area (Å²) in [7, 11) is 0. The van der Waals surface area contributed by atoms with E-state index in [1.54, 1.807) is 0 Å². The molecule has 0 bridgehead atoms. The van der Waals surface area contributed by atoms with Crippen LogP contribution in [0.25, 0.3) is 0 Å². The fraction of sp³-hybridized carbons (Fsp3) is 0.643. The standard InChI is InChI=1S/C14H25N5O/c1-5-9-11-20-14-17-12(15-10-6-2)16-13(18-14)19(7-3)8-4/h5H,1,6-11H2,2-4H3,(H,15,16,17,18). The lowest BCUT2D eigenvalue weighted by Crippen LogP contribution is -2.25. The molecule has 0 saturated carbocycles. The number of hydrogen-bond donors (Lipinski definition) is 1. The highest BCUT2D eigenvalue weighted by Gasteiger charge is 2.11. The molecule has 0 amide bonds. The Morgan fingerprint density at radius 3 is 2.55 bits per heavy atom. The van der Waals surface area contributed by atoms with E-state index in [2.05, 4.69) is 52.5 Å². The minimum Gasteiger partial charge on any atom is -0.463 e. The van der Waals surface area contributed by atoms with E-state index in [0.717, 1.165) is 32.5 Å². The molecule has 0 aliphatic heterocycles. The van der Waals surface area contributed by atoms with Crippen LogP contribution >= 0.6 is 0 Å². The van der Waals surface area contributed by atoms with Crippen LogP contribution in [-0.4, -0.2) is 41.2 Å². The van der Waals surface area contributed by atoms with Gasteiger partial charge in [-0.25, -0.2) is 0 Å². The molecule has 0 aliphatic rings. The third-order valence-electron chi connectivity index (χ3n) is 2.74. The molecule has 112 valence electrons. The van der Waals surface area contributed by atoms with E-state index in [9.17, 15) is 0 Å². The summed E-state index contributed by atoms with van der Waals surface area (Å²) in [5.41, 5.74) is 0. The lowest BCUT2D eigenvalue weighted by molar-refractivity contribution is 0.298. The molecule has 0 saturated heterocycles. The van der Waals surface area contributed by atoms with E-state index in [1.807, 2.05) is 6.08 Å². The molecule has 1 N–H and O–H groups in total. The van der Waals surface area contributed by atoms with Gasteiger partial charge < -0.3 is 15.0 Å².